The second kappa shape index (κ2) is 9.59. The van der Waals surface area contributed by atoms with E-state index >= 15 is 0 Å². The molecule has 0 fully saturated rings. The summed E-state index contributed by atoms with van der Waals surface area (Å²) >= 11 is 0. The lowest BCUT2D eigenvalue weighted by Crippen LogP contribution is -2.21. The number of aromatic nitrogens is 4. The van der Waals surface area contributed by atoms with Crippen molar-refractivity contribution in [3.63, 3.8) is 0 Å². The van der Waals surface area contributed by atoms with Crippen molar-refractivity contribution in [2.75, 3.05) is 0 Å². The molecule has 0 aromatic carbocycles. The first-order chi connectivity index (χ1) is 23.7. The maximum Gasteiger partial charge on any atom is 0.0699 e. The minimum Gasteiger partial charge on any atom is -0.356 e. The second-order valence-electron chi connectivity index (χ2n) is 16.0. The average Bonchev–Trinajstić information content (AvgIpc) is 3.84. The Labute approximate surface area is 280 Å². The highest BCUT2D eigenvalue weighted by Gasteiger charge is 2.39. The molecule has 6 heterocycles. The van der Waals surface area contributed by atoms with E-state index in [0.29, 0.717) is 47.3 Å². The standard InChI is InChI=1S/C44H40N4/c1-2-24-4-3-23(1)17-31-19-33-39-25-5-9-27(10-6-25)41(39)35(46-33)21-37-43-29-13-15-30(16-14-29)44(43)38(48-37)22-36-42-28-11-7-26(8-12-28)40(42)34(47-36)20-32(18-24)45-31/h1-2,5,7,9,11,13,15,17-30,45,48H,3-4,6,8,10,12,14,16H2/b31-17+,32-18+,33-19?,34-20?,37-21?,38-22?. The van der Waals surface area contributed by atoms with Gasteiger partial charge >= 0.3 is 0 Å². The minimum atomic E-state index is 0.436. The van der Waals surface area contributed by atoms with Crippen LogP contribution < -0.4 is 10.7 Å². The molecular formula is C44H40N4. The number of rotatable bonds is 0. The highest BCUT2D eigenvalue weighted by atomic mass is 14.8. The Morgan fingerprint density at radius 2 is 0.771 bits per heavy atom. The molecule has 16 bridgehead atoms. The molecule has 0 saturated carbocycles. The quantitative estimate of drug-likeness (QED) is 0.289. The molecule has 10 aliphatic carbocycles. The molecule has 0 saturated heterocycles. The Bertz CT molecular complexity index is 2210. The van der Waals surface area contributed by atoms with Gasteiger partial charge in [-0.05, 0) is 121 Å². The number of allylic oxidation sites excluding steroid dienone is 12. The van der Waals surface area contributed by atoms with Gasteiger partial charge in [0.1, 0.15) is 0 Å². The van der Waals surface area contributed by atoms with Gasteiger partial charge in [0.05, 0.1) is 22.8 Å². The lowest BCUT2D eigenvalue weighted by Gasteiger charge is -2.33. The van der Waals surface area contributed by atoms with E-state index in [2.05, 4.69) is 95.0 Å². The molecule has 14 aliphatic rings. The molecule has 0 spiro atoms. The number of hydrogen-bond donors (Lipinski definition) is 2. The molecule has 2 N–H and O–H groups in total. The molecule has 4 aliphatic heterocycles. The fourth-order valence-corrected chi connectivity index (χ4v) is 11.1. The molecule has 236 valence electrons. The summed E-state index contributed by atoms with van der Waals surface area (Å²) in [6, 6.07) is 9.62. The van der Waals surface area contributed by atoms with Gasteiger partial charge in [0.15, 0.2) is 0 Å². The lowest BCUT2D eigenvalue weighted by atomic mass is 9.70. The number of H-pyrrole nitrogens is 2. The van der Waals surface area contributed by atoms with Crippen molar-refractivity contribution in [1.82, 2.24) is 19.9 Å². The van der Waals surface area contributed by atoms with Crippen LogP contribution in [0, 0.1) is 35.5 Å². The van der Waals surface area contributed by atoms with E-state index < -0.39 is 0 Å². The first-order valence-corrected chi connectivity index (χ1v) is 18.7. The van der Waals surface area contributed by atoms with E-state index in [1.54, 1.807) is 0 Å². The van der Waals surface area contributed by atoms with Crippen LogP contribution in [0.4, 0.5) is 0 Å². The number of nitrogens with one attached hydrogen (secondary N) is 2. The van der Waals surface area contributed by atoms with Crippen molar-refractivity contribution in [3.8, 4) is 0 Å². The van der Waals surface area contributed by atoms with Gasteiger partial charge < -0.3 is 9.97 Å². The third-order valence-corrected chi connectivity index (χ3v) is 13.3. The Morgan fingerprint density at radius 3 is 1.15 bits per heavy atom. The zero-order chi connectivity index (χ0) is 31.1. The van der Waals surface area contributed by atoms with Gasteiger partial charge in [-0.15, -0.1) is 0 Å². The number of hydrogen-bond acceptors (Lipinski definition) is 2. The van der Waals surface area contributed by atoms with E-state index in [1.807, 2.05) is 0 Å². The van der Waals surface area contributed by atoms with Gasteiger partial charge in [-0.3, -0.25) is 0 Å². The molecule has 8 atom stereocenters. The fraction of sp³-hybridized carbons (Fsp3) is 0.364. The van der Waals surface area contributed by atoms with Crippen LogP contribution >= 0.6 is 0 Å². The Balaban J connectivity index is 1.24. The van der Waals surface area contributed by atoms with Crippen LogP contribution in [0.1, 0.15) is 97.1 Å². The van der Waals surface area contributed by atoms with Crippen LogP contribution in [0.3, 0.4) is 0 Å². The molecule has 48 heavy (non-hydrogen) atoms. The van der Waals surface area contributed by atoms with E-state index in [0.717, 1.165) is 22.1 Å². The van der Waals surface area contributed by atoms with Crippen molar-refractivity contribution >= 4 is 45.5 Å². The SMILES string of the molecule is C1=CC2/C=c3\cc4nc(cc5[nH]c(cc6nc(c/c([nH]3)=C\C1CC2)C1=C6C2C=CC1CC2)c1c5C2C=CC1CC2)C1=C4C2C=CC1CC2. The van der Waals surface area contributed by atoms with E-state index in [1.165, 1.54) is 107 Å². The summed E-state index contributed by atoms with van der Waals surface area (Å²) in [5, 5.41) is 2.32. The van der Waals surface area contributed by atoms with Crippen molar-refractivity contribution in [1.29, 1.82) is 0 Å². The van der Waals surface area contributed by atoms with Gasteiger partial charge in [-0.25, -0.2) is 9.97 Å². The van der Waals surface area contributed by atoms with Gasteiger partial charge in [0, 0.05) is 57.2 Å². The van der Waals surface area contributed by atoms with Gasteiger partial charge in [0.25, 0.3) is 0 Å². The Hall–Kier alpha value is -4.44. The van der Waals surface area contributed by atoms with Crippen molar-refractivity contribution in [2.45, 2.75) is 63.2 Å². The summed E-state index contributed by atoms with van der Waals surface area (Å²) in [6.45, 7) is 0. The predicted octanol–water partition coefficient (Wildman–Crippen LogP) is 8.43. The van der Waals surface area contributed by atoms with Crippen molar-refractivity contribution in [2.24, 2.45) is 35.5 Å². The van der Waals surface area contributed by atoms with Crippen LogP contribution in [0.5, 0.6) is 0 Å². The van der Waals surface area contributed by atoms with Gasteiger partial charge in [-0.1, -0.05) is 60.8 Å². The summed E-state index contributed by atoms with van der Waals surface area (Å²) in [5.41, 5.74) is 16.1. The third-order valence-electron chi connectivity index (χ3n) is 13.3. The van der Waals surface area contributed by atoms with Gasteiger partial charge in [0.2, 0.25) is 0 Å². The average molecular weight is 625 g/mol. The largest absolute Gasteiger partial charge is 0.356 e. The van der Waals surface area contributed by atoms with Crippen LogP contribution in [-0.4, -0.2) is 19.9 Å². The third kappa shape index (κ3) is 3.72. The molecule has 0 radical (unpaired) electrons. The summed E-state index contributed by atoms with van der Waals surface area (Å²) in [6.07, 6.45) is 34.3. The van der Waals surface area contributed by atoms with Crippen LogP contribution in [0.25, 0.3) is 45.5 Å². The van der Waals surface area contributed by atoms with Crippen LogP contribution in [0.2, 0.25) is 0 Å². The van der Waals surface area contributed by atoms with E-state index in [9.17, 15) is 0 Å². The maximum atomic E-state index is 5.55. The fourth-order valence-electron chi connectivity index (χ4n) is 11.1. The predicted molar refractivity (Wildman–Crippen MR) is 194 cm³/mol. The lowest BCUT2D eigenvalue weighted by molar-refractivity contribution is 0.558. The molecule has 8 unspecified atom stereocenters. The highest BCUT2D eigenvalue weighted by Crippen LogP contribution is 2.54. The summed E-state index contributed by atoms with van der Waals surface area (Å²) in [5.74, 6) is 3.61. The first kappa shape index (κ1) is 26.5. The Kier molecular flexibility index (Phi) is 5.29. The normalized spacial score (nSPS) is 34.8. The zero-order valence-corrected chi connectivity index (χ0v) is 27.3. The number of nitrogens with zero attached hydrogens (tertiary/aromatic N) is 2. The molecule has 2 aromatic rings. The minimum absolute atomic E-state index is 0.436. The highest BCUT2D eigenvalue weighted by molar-refractivity contribution is 5.99. The number of aromatic amines is 2. The molecule has 16 rings (SSSR count). The molecule has 4 nitrogen and oxygen atoms in total. The summed E-state index contributed by atoms with van der Waals surface area (Å²) in [7, 11) is 0. The Morgan fingerprint density at radius 1 is 0.396 bits per heavy atom. The summed E-state index contributed by atoms with van der Waals surface area (Å²) in [4.78, 5) is 19.1. The summed E-state index contributed by atoms with van der Waals surface area (Å²) < 4.78 is 0. The topological polar surface area (TPSA) is 57.4 Å². The molecule has 4 heteroatoms. The molecule has 0 amide bonds. The molecular weight excluding hydrogens is 585 g/mol. The van der Waals surface area contributed by atoms with E-state index in [-0.39, 0.29) is 0 Å². The van der Waals surface area contributed by atoms with E-state index in [4.69, 9.17) is 9.97 Å². The smallest absolute Gasteiger partial charge is 0.0699 e. The monoisotopic (exact) mass is 624 g/mol. The van der Waals surface area contributed by atoms with Gasteiger partial charge in [-0.2, -0.15) is 0 Å². The van der Waals surface area contributed by atoms with Crippen molar-refractivity contribution in [3.05, 3.63) is 117 Å². The van der Waals surface area contributed by atoms with Crippen molar-refractivity contribution < 1.29 is 0 Å². The first-order valence-electron chi connectivity index (χ1n) is 18.7. The zero-order valence-electron chi connectivity index (χ0n) is 27.3. The second-order valence-corrected chi connectivity index (χ2v) is 16.0. The van der Waals surface area contributed by atoms with Crippen LogP contribution in [-0.2, 0) is 0 Å². The molecule has 2 aromatic heterocycles. The number of fused-ring (bicyclic) bond motifs is 10. The van der Waals surface area contributed by atoms with Crippen LogP contribution in [0.15, 0.2) is 72.9 Å². The maximum absolute atomic E-state index is 5.55.